The molecule has 0 spiro atoms. The van der Waals surface area contributed by atoms with E-state index in [1.807, 2.05) is 0 Å². The van der Waals surface area contributed by atoms with Crippen LogP contribution in [0.25, 0.3) is 0 Å². The van der Waals surface area contributed by atoms with Crippen molar-refractivity contribution in [3.63, 3.8) is 0 Å². The lowest BCUT2D eigenvalue weighted by Crippen LogP contribution is -2.00. The van der Waals surface area contributed by atoms with E-state index in [1.165, 1.54) is 31.0 Å². The number of benzene rings is 1. The molecule has 0 atom stereocenters. The maximum absolute atomic E-state index is 10.9. The van der Waals surface area contributed by atoms with Crippen LogP contribution in [0.5, 0.6) is 0 Å². The maximum atomic E-state index is 10.9. The van der Waals surface area contributed by atoms with Gasteiger partial charge in [-0.2, -0.15) is 0 Å². The second-order valence-electron chi connectivity index (χ2n) is 4.61. The fourth-order valence-corrected chi connectivity index (χ4v) is 1.94. The van der Waals surface area contributed by atoms with Gasteiger partial charge in [0.05, 0.1) is 0 Å². The topological polar surface area (TPSA) is 103 Å². The van der Waals surface area contributed by atoms with Gasteiger partial charge in [0.25, 0.3) is 15.7 Å². The number of hydrogen-bond acceptors (Lipinski definition) is 5. The summed E-state index contributed by atoms with van der Waals surface area (Å²) in [6.07, 6.45) is 4.79. The molecule has 0 bridgehead atoms. The zero-order chi connectivity index (χ0) is 17.8. The van der Waals surface area contributed by atoms with Gasteiger partial charge in [0.2, 0.25) is 0 Å². The Balaban J connectivity index is 0.000000515. The van der Waals surface area contributed by atoms with E-state index in [2.05, 4.69) is 0 Å². The molecule has 0 aromatic heterocycles. The van der Waals surface area contributed by atoms with Gasteiger partial charge in [-0.05, 0) is 78.9 Å². The normalized spacial score (nSPS) is 9.78. The van der Waals surface area contributed by atoms with Crippen molar-refractivity contribution in [1.82, 2.24) is 0 Å². The quantitative estimate of drug-likeness (QED) is 0.531. The fraction of sp³-hybridized carbons (Fsp3) is 0.400. The van der Waals surface area contributed by atoms with E-state index in [9.17, 15) is 14.4 Å². The first-order valence-corrected chi connectivity index (χ1v) is 8.11. The molecule has 4 N–H and O–H groups in total. The average molecular weight is 382 g/mol. The Labute approximate surface area is 150 Å². The molecule has 1 aromatic carbocycles. The molecule has 1 rings (SSSR count). The minimum Gasteiger partial charge on any atom is -0.330 e. The van der Waals surface area contributed by atoms with Crippen LogP contribution in [-0.4, -0.2) is 28.8 Å². The molecule has 5 nitrogen and oxygen atoms in total. The van der Waals surface area contributed by atoms with Crippen LogP contribution < -0.4 is 11.5 Å². The summed E-state index contributed by atoms with van der Waals surface area (Å²) in [4.78, 5) is 32.6. The highest BCUT2D eigenvalue weighted by Gasteiger charge is 2.12. The van der Waals surface area contributed by atoms with Crippen LogP contribution in [-0.2, 0) is 0 Å². The number of nitrogens with two attached hydrogens (primary N) is 2. The van der Waals surface area contributed by atoms with E-state index in [0.29, 0.717) is 0 Å². The van der Waals surface area contributed by atoms with E-state index in [0.717, 1.165) is 25.9 Å². The average Bonchev–Trinajstić information content (AvgIpc) is 2.51. The van der Waals surface area contributed by atoms with E-state index in [-0.39, 0.29) is 16.7 Å². The molecule has 0 fully saturated rings. The number of carbonyl (C=O) groups is 3. The van der Waals surface area contributed by atoms with Gasteiger partial charge in [-0.15, -0.1) is 0 Å². The molecule has 0 unspecified atom stereocenters. The monoisotopic (exact) mass is 380 g/mol. The highest BCUT2D eigenvalue weighted by Crippen LogP contribution is 2.16. The SMILES string of the molecule is NCCCCCCN.O=C(Cl)c1cc(C(=O)Cl)cc(C(=O)Cl)c1. The Hall–Kier alpha value is -0.980. The third-order valence-electron chi connectivity index (χ3n) is 2.77. The predicted octanol–water partition coefficient (Wildman–Crippen LogP) is 3.29. The second-order valence-corrected chi connectivity index (χ2v) is 5.64. The summed E-state index contributed by atoms with van der Waals surface area (Å²) >= 11 is 15.6. The molecule has 23 heavy (non-hydrogen) atoms. The van der Waals surface area contributed by atoms with Crippen molar-refractivity contribution in [2.24, 2.45) is 11.5 Å². The predicted molar refractivity (Wildman–Crippen MR) is 93.6 cm³/mol. The summed E-state index contributed by atoms with van der Waals surface area (Å²) in [7, 11) is 0. The van der Waals surface area contributed by atoms with Crippen molar-refractivity contribution >= 4 is 50.5 Å². The van der Waals surface area contributed by atoms with Gasteiger partial charge in [0.1, 0.15) is 0 Å². The Morgan fingerprint density at radius 2 is 0.913 bits per heavy atom. The first-order valence-electron chi connectivity index (χ1n) is 6.98. The van der Waals surface area contributed by atoms with Gasteiger partial charge in [-0.1, -0.05) is 12.8 Å². The summed E-state index contributed by atoms with van der Waals surface area (Å²) in [5.41, 5.74) is 10.5. The first kappa shape index (κ1) is 22.0. The molecule has 0 aliphatic carbocycles. The number of hydrogen-bond donors (Lipinski definition) is 2. The molecule has 1 aromatic rings. The molecule has 0 amide bonds. The minimum atomic E-state index is -0.797. The van der Waals surface area contributed by atoms with Crippen LogP contribution in [0.3, 0.4) is 0 Å². The smallest absolute Gasteiger partial charge is 0.252 e. The molecule has 8 heteroatoms. The highest BCUT2D eigenvalue weighted by molar-refractivity contribution is 6.70. The molecule has 0 saturated heterocycles. The molecule has 0 saturated carbocycles. The lowest BCUT2D eigenvalue weighted by molar-refractivity contribution is 0.108. The van der Waals surface area contributed by atoms with Crippen LogP contribution in [0.4, 0.5) is 0 Å². The van der Waals surface area contributed by atoms with Crippen LogP contribution in [0.1, 0.15) is 56.8 Å². The summed E-state index contributed by atoms with van der Waals surface area (Å²) < 4.78 is 0. The van der Waals surface area contributed by atoms with Gasteiger partial charge < -0.3 is 11.5 Å². The Kier molecular flexibility index (Phi) is 11.9. The van der Waals surface area contributed by atoms with Gasteiger partial charge >= 0.3 is 0 Å². The van der Waals surface area contributed by atoms with Crippen molar-refractivity contribution in [3.05, 3.63) is 34.9 Å². The first-order chi connectivity index (χ1) is 10.8. The number of rotatable bonds is 8. The molecule has 128 valence electrons. The second kappa shape index (κ2) is 12.4. The van der Waals surface area contributed by atoms with E-state index in [1.54, 1.807) is 0 Å². The Morgan fingerprint density at radius 3 is 1.09 bits per heavy atom. The van der Waals surface area contributed by atoms with Gasteiger partial charge in [-0.3, -0.25) is 14.4 Å². The third-order valence-corrected chi connectivity index (χ3v) is 3.43. The third kappa shape index (κ3) is 9.69. The Bertz CT molecular complexity index is 466. The Morgan fingerprint density at radius 1 is 0.652 bits per heavy atom. The molecule has 0 heterocycles. The molecule has 0 aliphatic rings. The number of halogens is 3. The van der Waals surface area contributed by atoms with E-state index >= 15 is 0 Å². The van der Waals surface area contributed by atoms with Crippen molar-refractivity contribution < 1.29 is 14.4 Å². The van der Waals surface area contributed by atoms with Crippen LogP contribution >= 0.6 is 34.8 Å². The molecule has 0 radical (unpaired) electrons. The van der Waals surface area contributed by atoms with Crippen molar-refractivity contribution in [2.75, 3.05) is 13.1 Å². The highest BCUT2D eigenvalue weighted by atomic mass is 35.5. The van der Waals surface area contributed by atoms with E-state index in [4.69, 9.17) is 46.3 Å². The number of carbonyl (C=O) groups excluding carboxylic acids is 3. The summed E-state index contributed by atoms with van der Waals surface area (Å²) in [6, 6.07) is 3.57. The fourth-order valence-electron chi connectivity index (χ4n) is 1.61. The minimum absolute atomic E-state index is 0.00725. The molecular weight excluding hydrogens is 363 g/mol. The van der Waals surface area contributed by atoms with Crippen molar-refractivity contribution in [2.45, 2.75) is 25.7 Å². The lowest BCUT2D eigenvalue weighted by Gasteiger charge is -2.00. The maximum Gasteiger partial charge on any atom is 0.252 e. The summed E-state index contributed by atoms with van der Waals surface area (Å²) in [5.74, 6) is 0. The largest absolute Gasteiger partial charge is 0.330 e. The zero-order valence-electron chi connectivity index (χ0n) is 12.5. The standard InChI is InChI=1S/C9H3Cl3O3.C6H16N2/c10-7(13)4-1-5(8(11)14)3-6(2-4)9(12)15;7-5-3-1-2-4-6-8/h1-3H;1-8H2. The summed E-state index contributed by atoms with van der Waals surface area (Å²) in [6.45, 7) is 1.65. The van der Waals surface area contributed by atoms with Gasteiger partial charge in [0, 0.05) is 16.7 Å². The van der Waals surface area contributed by atoms with Crippen molar-refractivity contribution in [1.29, 1.82) is 0 Å². The van der Waals surface area contributed by atoms with Crippen LogP contribution in [0.15, 0.2) is 18.2 Å². The lowest BCUT2D eigenvalue weighted by atomic mass is 10.1. The van der Waals surface area contributed by atoms with Crippen LogP contribution in [0, 0.1) is 0 Å². The number of unbranched alkanes of at least 4 members (excludes halogenated alkanes) is 3. The molecular formula is C15H19Cl3N2O3. The van der Waals surface area contributed by atoms with Crippen LogP contribution in [0.2, 0.25) is 0 Å². The van der Waals surface area contributed by atoms with Gasteiger partial charge in [-0.25, -0.2) is 0 Å². The van der Waals surface area contributed by atoms with Crippen molar-refractivity contribution in [3.8, 4) is 0 Å². The zero-order valence-corrected chi connectivity index (χ0v) is 14.8. The summed E-state index contributed by atoms with van der Waals surface area (Å²) in [5, 5.41) is -2.39. The van der Waals surface area contributed by atoms with Gasteiger partial charge in [0.15, 0.2) is 0 Å². The van der Waals surface area contributed by atoms with E-state index < -0.39 is 15.7 Å². The molecule has 0 aliphatic heterocycles.